The summed E-state index contributed by atoms with van der Waals surface area (Å²) in [5, 5.41) is 10.8. The van der Waals surface area contributed by atoms with Crippen LogP contribution in [0.2, 0.25) is 0 Å². The average Bonchev–Trinajstić information content (AvgIpc) is 3.26. The molecule has 1 aliphatic heterocycles. The number of hydrogen-bond donors (Lipinski definition) is 2. The fourth-order valence-corrected chi connectivity index (χ4v) is 3.70. The number of nitrogens with zero attached hydrogens (tertiary/aromatic N) is 4. The van der Waals surface area contributed by atoms with Crippen LogP contribution in [0, 0.1) is 0 Å². The molecule has 0 radical (unpaired) electrons. The van der Waals surface area contributed by atoms with E-state index in [2.05, 4.69) is 81.7 Å². The van der Waals surface area contributed by atoms with Gasteiger partial charge in [0, 0.05) is 51.9 Å². The first-order chi connectivity index (χ1) is 15.1. The molecule has 1 fully saturated rings. The van der Waals surface area contributed by atoms with Crippen molar-refractivity contribution in [2.75, 3.05) is 45.8 Å². The van der Waals surface area contributed by atoms with E-state index in [9.17, 15) is 0 Å². The number of guanidine groups is 1. The van der Waals surface area contributed by atoms with Gasteiger partial charge in [-0.1, -0.05) is 49.3 Å². The van der Waals surface area contributed by atoms with E-state index in [1.165, 1.54) is 5.56 Å². The van der Waals surface area contributed by atoms with Crippen LogP contribution in [0.5, 0.6) is 0 Å². The van der Waals surface area contributed by atoms with Gasteiger partial charge in [0.15, 0.2) is 11.7 Å². The van der Waals surface area contributed by atoms with Crippen molar-refractivity contribution in [2.45, 2.75) is 46.2 Å². The van der Waals surface area contributed by atoms with E-state index >= 15 is 0 Å². The van der Waals surface area contributed by atoms with Crippen LogP contribution in [0.3, 0.4) is 0 Å². The lowest BCUT2D eigenvalue weighted by Crippen LogP contribution is -2.46. The SMILES string of the molecule is CCNC(=NCc1cc(C(C)C)no1)NCCCN1CCN(Cc2ccccc2)CC1. The second-order valence-corrected chi connectivity index (χ2v) is 8.45. The van der Waals surface area contributed by atoms with Gasteiger partial charge < -0.3 is 20.1 Å². The maximum absolute atomic E-state index is 5.38. The van der Waals surface area contributed by atoms with Gasteiger partial charge in [-0.15, -0.1) is 0 Å². The summed E-state index contributed by atoms with van der Waals surface area (Å²) in [5.74, 6) is 2.00. The summed E-state index contributed by atoms with van der Waals surface area (Å²) in [5.41, 5.74) is 2.38. The van der Waals surface area contributed by atoms with E-state index in [1.54, 1.807) is 0 Å². The molecule has 2 N–H and O–H groups in total. The molecule has 1 saturated heterocycles. The highest BCUT2D eigenvalue weighted by Gasteiger charge is 2.16. The molecular formula is C24H38N6O. The molecule has 0 bridgehead atoms. The molecular weight excluding hydrogens is 388 g/mol. The van der Waals surface area contributed by atoms with E-state index in [0.29, 0.717) is 12.5 Å². The normalized spacial score (nSPS) is 16.1. The molecule has 31 heavy (non-hydrogen) atoms. The lowest BCUT2D eigenvalue weighted by Gasteiger charge is -2.34. The highest BCUT2D eigenvalue weighted by atomic mass is 16.5. The predicted molar refractivity (Wildman–Crippen MR) is 126 cm³/mol. The van der Waals surface area contributed by atoms with Gasteiger partial charge in [-0.25, -0.2) is 4.99 Å². The summed E-state index contributed by atoms with van der Waals surface area (Å²) >= 11 is 0. The first-order valence-corrected chi connectivity index (χ1v) is 11.6. The minimum Gasteiger partial charge on any atom is -0.359 e. The highest BCUT2D eigenvalue weighted by Crippen LogP contribution is 2.14. The summed E-state index contributed by atoms with van der Waals surface area (Å²) in [6.45, 7) is 15.3. The van der Waals surface area contributed by atoms with E-state index in [-0.39, 0.29) is 0 Å². The Hall–Kier alpha value is -2.38. The third-order valence-electron chi connectivity index (χ3n) is 5.56. The zero-order chi connectivity index (χ0) is 21.9. The summed E-state index contributed by atoms with van der Waals surface area (Å²) in [6.07, 6.45) is 1.10. The van der Waals surface area contributed by atoms with Crippen molar-refractivity contribution in [3.8, 4) is 0 Å². The van der Waals surface area contributed by atoms with Crippen molar-refractivity contribution in [1.82, 2.24) is 25.6 Å². The van der Waals surface area contributed by atoms with Crippen molar-refractivity contribution in [1.29, 1.82) is 0 Å². The number of nitrogens with one attached hydrogen (secondary N) is 2. The fraction of sp³-hybridized carbons (Fsp3) is 0.583. The molecule has 1 aromatic heterocycles. The van der Waals surface area contributed by atoms with E-state index in [4.69, 9.17) is 4.52 Å². The Morgan fingerprint density at radius 2 is 1.84 bits per heavy atom. The predicted octanol–water partition coefficient (Wildman–Crippen LogP) is 3.06. The quantitative estimate of drug-likeness (QED) is 0.346. The first kappa shape index (κ1) is 23.3. The molecule has 0 saturated carbocycles. The smallest absolute Gasteiger partial charge is 0.191 e. The van der Waals surface area contributed by atoms with Crippen LogP contribution in [0.4, 0.5) is 0 Å². The average molecular weight is 427 g/mol. The van der Waals surface area contributed by atoms with Crippen molar-refractivity contribution >= 4 is 5.96 Å². The molecule has 7 heteroatoms. The van der Waals surface area contributed by atoms with Crippen LogP contribution >= 0.6 is 0 Å². The minimum absolute atomic E-state index is 0.369. The van der Waals surface area contributed by atoms with E-state index in [1.807, 2.05) is 6.07 Å². The number of benzene rings is 1. The van der Waals surface area contributed by atoms with E-state index < -0.39 is 0 Å². The van der Waals surface area contributed by atoms with Gasteiger partial charge in [0.1, 0.15) is 6.54 Å². The lowest BCUT2D eigenvalue weighted by molar-refractivity contribution is 0.126. The molecule has 7 nitrogen and oxygen atoms in total. The lowest BCUT2D eigenvalue weighted by atomic mass is 10.1. The largest absolute Gasteiger partial charge is 0.359 e. The van der Waals surface area contributed by atoms with E-state index in [0.717, 1.165) is 76.2 Å². The van der Waals surface area contributed by atoms with Gasteiger partial charge in [0.25, 0.3) is 0 Å². The first-order valence-electron chi connectivity index (χ1n) is 11.6. The molecule has 0 aliphatic carbocycles. The van der Waals surface area contributed by atoms with Gasteiger partial charge in [-0.3, -0.25) is 4.90 Å². The molecule has 0 amide bonds. The molecule has 0 unspecified atom stereocenters. The maximum atomic E-state index is 5.38. The Morgan fingerprint density at radius 3 is 2.52 bits per heavy atom. The molecule has 1 aromatic carbocycles. The third-order valence-corrected chi connectivity index (χ3v) is 5.56. The molecule has 2 aromatic rings. The minimum atomic E-state index is 0.369. The molecule has 3 rings (SSSR count). The van der Waals surface area contributed by atoms with Gasteiger partial charge >= 0.3 is 0 Å². The Balaban J connectivity index is 1.33. The van der Waals surface area contributed by atoms with Crippen molar-refractivity contribution in [2.24, 2.45) is 4.99 Å². The molecule has 2 heterocycles. The molecule has 170 valence electrons. The number of piperazine rings is 1. The van der Waals surface area contributed by atoms with Crippen LogP contribution in [0.1, 0.15) is 50.1 Å². The highest BCUT2D eigenvalue weighted by molar-refractivity contribution is 5.79. The van der Waals surface area contributed by atoms with Gasteiger partial charge in [-0.05, 0) is 31.4 Å². The zero-order valence-electron chi connectivity index (χ0n) is 19.3. The Labute approximate surface area is 186 Å². The van der Waals surface area contributed by atoms with Crippen LogP contribution in [-0.2, 0) is 13.1 Å². The molecule has 0 spiro atoms. The Bertz CT molecular complexity index is 780. The number of hydrogen-bond acceptors (Lipinski definition) is 5. The van der Waals surface area contributed by atoms with Crippen LogP contribution in [-0.4, -0.2) is 66.7 Å². The number of rotatable bonds is 10. The summed E-state index contributed by atoms with van der Waals surface area (Å²) in [7, 11) is 0. The van der Waals surface area contributed by atoms with Crippen LogP contribution < -0.4 is 10.6 Å². The van der Waals surface area contributed by atoms with Crippen molar-refractivity contribution in [3.05, 3.63) is 53.4 Å². The Morgan fingerprint density at radius 1 is 1.10 bits per heavy atom. The van der Waals surface area contributed by atoms with Gasteiger partial charge in [-0.2, -0.15) is 0 Å². The molecule has 0 atom stereocenters. The van der Waals surface area contributed by atoms with Crippen LogP contribution in [0.25, 0.3) is 0 Å². The number of aromatic nitrogens is 1. The van der Waals surface area contributed by atoms with Gasteiger partial charge in [0.05, 0.1) is 5.69 Å². The summed E-state index contributed by atoms with van der Waals surface area (Å²) in [6, 6.07) is 12.8. The second kappa shape index (κ2) is 12.5. The fourth-order valence-electron chi connectivity index (χ4n) is 3.70. The summed E-state index contributed by atoms with van der Waals surface area (Å²) < 4.78 is 5.38. The Kier molecular flexibility index (Phi) is 9.37. The van der Waals surface area contributed by atoms with Crippen LogP contribution in [0.15, 0.2) is 45.9 Å². The summed E-state index contributed by atoms with van der Waals surface area (Å²) in [4.78, 5) is 9.75. The van der Waals surface area contributed by atoms with Gasteiger partial charge in [0.2, 0.25) is 0 Å². The topological polar surface area (TPSA) is 68.9 Å². The maximum Gasteiger partial charge on any atom is 0.191 e. The standard InChI is InChI=1S/C24H38N6O/c1-4-25-24(27-18-22-17-23(20(2)3)28-31-22)26-11-8-12-29-13-15-30(16-14-29)19-21-9-6-5-7-10-21/h5-7,9-10,17,20H,4,8,11-16,18-19H2,1-3H3,(H2,25,26,27). The second-order valence-electron chi connectivity index (χ2n) is 8.45. The molecule has 1 aliphatic rings. The monoisotopic (exact) mass is 426 g/mol. The third kappa shape index (κ3) is 7.99. The van der Waals surface area contributed by atoms with Crippen molar-refractivity contribution < 1.29 is 4.52 Å². The van der Waals surface area contributed by atoms with Crippen molar-refractivity contribution in [3.63, 3.8) is 0 Å². The number of aliphatic imine (C=N–C) groups is 1. The zero-order valence-corrected chi connectivity index (χ0v) is 19.3.